The number of aliphatic hydroxyl groups excluding tert-OH is 1. The minimum Gasteiger partial charge on any atom is -0.462 e. The van der Waals surface area contributed by atoms with Crippen LogP contribution in [0.3, 0.4) is 0 Å². The number of hydrogen-bond acceptors (Lipinski definition) is 15. The van der Waals surface area contributed by atoms with Crippen LogP contribution in [0.25, 0.3) is 0 Å². The largest absolute Gasteiger partial charge is 0.472 e. The van der Waals surface area contributed by atoms with Gasteiger partial charge >= 0.3 is 39.5 Å². The van der Waals surface area contributed by atoms with Gasteiger partial charge in [-0.15, -0.1) is 0 Å². The van der Waals surface area contributed by atoms with E-state index in [4.69, 9.17) is 37.0 Å². The Bertz CT molecular complexity index is 2780. The second-order valence-corrected chi connectivity index (χ2v) is 28.4. The van der Waals surface area contributed by atoms with Gasteiger partial charge in [0.15, 0.2) is 12.2 Å². The Morgan fingerprint density at radius 3 is 0.811 bits per heavy atom. The number of phosphoric acid groups is 2. The molecule has 0 aliphatic carbocycles. The average molecular weight is 1520 g/mol. The lowest BCUT2D eigenvalue weighted by molar-refractivity contribution is -0.161. The van der Waals surface area contributed by atoms with Crippen molar-refractivity contribution < 1.29 is 80.2 Å². The predicted molar refractivity (Wildman–Crippen MR) is 436 cm³/mol. The average Bonchev–Trinajstić information content (AvgIpc) is 0.900. The van der Waals surface area contributed by atoms with Gasteiger partial charge in [0, 0.05) is 25.7 Å². The van der Waals surface area contributed by atoms with Gasteiger partial charge in [-0.2, -0.15) is 0 Å². The Morgan fingerprint density at radius 2 is 0.509 bits per heavy atom. The van der Waals surface area contributed by atoms with Gasteiger partial charge in [0.2, 0.25) is 0 Å². The molecule has 0 spiro atoms. The monoisotopic (exact) mass is 1520 g/mol. The zero-order chi connectivity index (χ0) is 77.4. The van der Waals surface area contributed by atoms with E-state index in [2.05, 4.69) is 204 Å². The van der Waals surface area contributed by atoms with E-state index < -0.39 is 97.5 Å². The molecule has 0 rings (SSSR count). The summed E-state index contributed by atoms with van der Waals surface area (Å²) in [5.74, 6) is -2.36. The highest BCUT2D eigenvalue weighted by molar-refractivity contribution is 7.47. The molecule has 0 bridgehead atoms. The minimum absolute atomic E-state index is 0.0250. The smallest absolute Gasteiger partial charge is 0.462 e. The molecule has 0 aliphatic rings. The summed E-state index contributed by atoms with van der Waals surface area (Å²) in [7, 11) is -10.0. The van der Waals surface area contributed by atoms with E-state index in [0.717, 1.165) is 186 Å². The van der Waals surface area contributed by atoms with Gasteiger partial charge in [-0.3, -0.25) is 37.3 Å². The van der Waals surface area contributed by atoms with Crippen molar-refractivity contribution in [3.05, 3.63) is 194 Å². The molecule has 5 unspecified atom stereocenters. The summed E-state index contributed by atoms with van der Waals surface area (Å²) in [4.78, 5) is 73.0. The molecular formula is C87H138O17P2. The van der Waals surface area contributed by atoms with Gasteiger partial charge in [-0.1, -0.05) is 273 Å². The summed E-state index contributed by atoms with van der Waals surface area (Å²) in [5.41, 5.74) is 0. The highest BCUT2D eigenvalue weighted by atomic mass is 31.2. The van der Waals surface area contributed by atoms with Crippen LogP contribution in [0.15, 0.2) is 194 Å². The van der Waals surface area contributed by atoms with Crippen molar-refractivity contribution in [2.24, 2.45) is 0 Å². The van der Waals surface area contributed by atoms with Crippen LogP contribution in [-0.4, -0.2) is 96.7 Å². The van der Waals surface area contributed by atoms with E-state index in [1.54, 1.807) is 0 Å². The third-order valence-electron chi connectivity index (χ3n) is 15.5. The summed E-state index contributed by atoms with van der Waals surface area (Å²) in [6.45, 7) is 4.28. The van der Waals surface area contributed by atoms with E-state index in [1.165, 1.54) is 0 Å². The summed E-state index contributed by atoms with van der Waals surface area (Å²) in [5, 5.41) is 10.6. The molecule has 0 aliphatic heterocycles. The van der Waals surface area contributed by atoms with Crippen molar-refractivity contribution in [2.75, 3.05) is 39.6 Å². The fourth-order valence-electron chi connectivity index (χ4n) is 9.62. The molecule has 0 radical (unpaired) electrons. The first-order chi connectivity index (χ1) is 51.7. The molecule has 5 atom stereocenters. The van der Waals surface area contributed by atoms with Gasteiger partial charge < -0.3 is 33.8 Å². The van der Waals surface area contributed by atoms with Crippen LogP contribution in [0.2, 0.25) is 0 Å². The van der Waals surface area contributed by atoms with Crippen LogP contribution in [0.1, 0.15) is 272 Å². The zero-order valence-electron chi connectivity index (χ0n) is 65.3. The molecule has 106 heavy (non-hydrogen) atoms. The number of hydrogen-bond donors (Lipinski definition) is 3. The SMILES string of the molecule is CC/C=C\C/C=C\C/C=C\C/C=C\C/C=C\C/C=C\CCC(=O)OCC(COP(=O)(O)OCC(O)COP(=O)(O)OCC(COC(=O)CCCCCC/C=C\C/C=C\C/C=C\C/C=C\CC)OC(=O)CCCCCC/C=C\C/C=C\C/C=C\C/C=C\CC)OC(=O)CCCCCCC/C=C\C/C=C\CCC. The van der Waals surface area contributed by atoms with Crippen LogP contribution in [0.4, 0.5) is 0 Å². The number of allylic oxidation sites excluding steroid dienone is 32. The standard InChI is InChI=1S/C87H138O17P2/c1-5-9-13-17-21-25-29-33-36-39-40-43-45-49-52-56-60-64-68-72-85(90)97-77-82(103-86(91)73-69-65-61-57-53-47-32-28-24-20-16-12-8-4)79-101-105(93,94)99-75-81(88)76-100-106(95,96)102-80-83(104-87(92)74-70-66-62-58-54-50-46-42-38-35-31-27-23-19-15-11-7-3)78-98-84(89)71-67-63-59-55-51-48-44-41-37-34-30-26-22-18-14-10-6-2/h9-11,13-16,20-23,25-28,32-38,40,43-44,46,48-50,52,60,64,81-83,88H,5-8,12,17-19,24,29-31,39,41-42,45,47,51,53-59,61-63,65-80H2,1-4H3,(H,93,94)(H,95,96)/b13-9-,14-10-,15-11-,20-16-,25-21-,26-22-,27-23-,32-28-,36-33-,37-34-,38-35-,43-40-,48-44-,50-46-,52-49-,64-60-. The van der Waals surface area contributed by atoms with Crippen LogP contribution >= 0.6 is 15.6 Å². The molecule has 0 aromatic rings. The first kappa shape index (κ1) is 99.9. The first-order valence-electron chi connectivity index (χ1n) is 39.7. The molecule has 0 saturated heterocycles. The maximum absolute atomic E-state index is 13.1. The third-order valence-corrected chi connectivity index (χ3v) is 17.4. The molecule has 0 heterocycles. The van der Waals surface area contributed by atoms with Gasteiger partial charge in [0.05, 0.1) is 26.4 Å². The molecule has 0 fully saturated rings. The molecule has 598 valence electrons. The molecule has 0 aromatic heterocycles. The fourth-order valence-corrected chi connectivity index (χ4v) is 11.2. The van der Waals surface area contributed by atoms with Gasteiger partial charge in [0.25, 0.3) is 0 Å². The van der Waals surface area contributed by atoms with E-state index in [-0.39, 0.29) is 25.7 Å². The Hall–Kier alpha value is -6.10. The number of carbonyl (C=O) groups excluding carboxylic acids is 4. The zero-order valence-corrected chi connectivity index (χ0v) is 67.1. The fraction of sp³-hybridized carbons (Fsp3) is 0.586. The molecule has 3 N–H and O–H groups in total. The molecule has 0 saturated carbocycles. The Labute approximate surface area is 640 Å². The van der Waals surface area contributed by atoms with Crippen molar-refractivity contribution in [1.29, 1.82) is 0 Å². The summed E-state index contributed by atoms with van der Waals surface area (Å²) in [6.07, 6.45) is 94.3. The summed E-state index contributed by atoms with van der Waals surface area (Å²) < 4.78 is 68.5. The predicted octanol–water partition coefficient (Wildman–Crippen LogP) is 23.3. The number of esters is 4. The number of ether oxygens (including phenoxy) is 4. The Kier molecular flexibility index (Phi) is 72.6. The number of rotatable bonds is 72. The summed E-state index contributed by atoms with van der Waals surface area (Å²) in [6, 6.07) is 0. The van der Waals surface area contributed by atoms with Gasteiger partial charge in [-0.05, 0) is 167 Å². The van der Waals surface area contributed by atoms with Crippen LogP contribution in [0.5, 0.6) is 0 Å². The van der Waals surface area contributed by atoms with Crippen molar-refractivity contribution in [3.63, 3.8) is 0 Å². The molecule has 0 amide bonds. The lowest BCUT2D eigenvalue weighted by Crippen LogP contribution is -2.30. The molecular weight excluding hydrogens is 1380 g/mol. The molecule has 0 aromatic carbocycles. The second kappa shape index (κ2) is 77.1. The lowest BCUT2D eigenvalue weighted by atomic mass is 10.1. The van der Waals surface area contributed by atoms with Crippen LogP contribution < -0.4 is 0 Å². The van der Waals surface area contributed by atoms with E-state index in [9.17, 15) is 43.2 Å². The quantitative estimate of drug-likeness (QED) is 0.0169. The van der Waals surface area contributed by atoms with Crippen molar-refractivity contribution >= 4 is 39.5 Å². The highest BCUT2D eigenvalue weighted by Gasteiger charge is 2.30. The lowest BCUT2D eigenvalue weighted by Gasteiger charge is -2.21. The second-order valence-electron chi connectivity index (χ2n) is 25.5. The number of phosphoric ester groups is 2. The highest BCUT2D eigenvalue weighted by Crippen LogP contribution is 2.45. The maximum atomic E-state index is 13.1. The van der Waals surface area contributed by atoms with E-state index in [0.29, 0.717) is 32.1 Å². The first-order valence-corrected chi connectivity index (χ1v) is 42.7. The van der Waals surface area contributed by atoms with Crippen molar-refractivity contribution in [1.82, 2.24) is 0 Å². The van der Waals surface area contributed by atoms with Gasteiger partial charge in [-0.25, -0.2) is 9.13 Å². The Balaban J connectivity index is 5.50. The third kappa shape index (κ3) is 76.1. The van der Waals surface area contributed by atoms with Crippen LogP contribution in [-0.2, 0) is 65.4 Å². The van der Waals surface area contributed by atoms with Crippen molar-refractivity contribution in [3.8, 4) is 0 Å². The topological polar surface area (TPSA) is 237 Å². The minimum atomic E-state index is -5.01. The van der Waals surface area contributed by atoms with E-state index >= 15 is 0 Å². The van der Waals surface area contributed by atoms with Crippen LogP contribution in [0, 0.1) is 0 Å². The Morgan fingerprint density at radius 1 is 0.274 bits per heavy atom. The van der Waals surface area contributed by atoms with Crippen molar-refractivity contribution in [2.45, 2.75) is 290 Å². The number of aliphatic hydroxyl groups is 1. The molecule has 17 nitrogen and oxygen atoms in total. The summed E-state index contributed by atoms with van der Waals surface area (Å²) >= 11 is 0. The van der Waals surface area contributed by atoms with E-state index in [1.807, 2.05) is 18.2 Å². The normalized spacial score (nSPS) is 14.9. The number of unbranched alkanes of at least 4 members (excludes halogenated alkanes) is 14. The maximum Gasteiger partial charge on any atom is 0.472 e. The van der Waals surface area contributed by atoms with Gasteiger partial charge in [0.1, 0.15) is 19.3 Å². The molecule has 19 heteroatoms. The number of carbonyl (C=O) groups is 4.